The van der Waals surface area contributed by atoms with Crippen LogP contribution in [0.4, 0.5) is 19.0 Å². The van der Waals surface area contributed by atoms with Gasteiger partial charge in [0.1, 0.15) is 5.82 Å². The van der Waals surface area contributed by atoms with Gasteiger partial charge in [-0.25, -0.2) is 4.98 Å². The van der Waals surface area contributed by atoms with Crippen LogP contribution in [0.15, 0.2) is 53.9 Å². The number of anilines is 1. The van der Waals surface area contributed by atoms with Gasteiger partial charge in [-0.05, 0) is 43.2 Å². The fraction of sp³-hybridized carbons (Fsp3) is 0.400. The first kappa shape index (κ1) is 25.8. The molecule has 1 saturated carbocycles. The van der Waals surface area contributed by atoms with Crippen LogP contribution in [0.1, 0.15) is 42.7 Å². The topological polar surface area (TPSA) is 94.6 Å². The summed E-state index contributed by atoms with van der Waals surface area (Å²) in [4.78, 5) is 30.2. The molecule has 1 fully saturated rings. The van der Waals surface area contributed by atoms with Gasteiger partial charge in [-0.3, -0.25) is 9.59 Å². The van der Waals surface area contributed by atoms with Gasteiger partial charge < -0.3 is 20.6 Å². The van der Waals surface area contributed by atoms with Crippen LogP contribution in [-0.2, 0) is 15.8 Å². The van der Waals surface area contributed by atoms with Crippen molar-refractivity contribution in [3.05, 3.63) is 70.1 Å². The highest BCUT2D eigenvalue weighted by molar-refractivity contribution is 6.33. The van der Waals surface area contributed by atoms with Gasteiger partial charge >= 0.3 is 6.18 Å². The first-order chi connectivity index (χ1) is 17.1. The number of hydrogen-bond donors (Lipinski definition) is 3. The van der Waals surface area contributed by atoms with E-state index in [2.05, 4.69) is 27.8 Å². The second-order valence-corrected chi connectivity index (χ2v) is 9.37. The van der Waals surface area contributed by atoms with Crippen LogP contribution in [0.5, 0.6) is 0 Å². The van der Waals surface area contributed by atoms with E-state index >= 15 is 0 Å². The molecule has 0 atom stereocenters. The third-order valence-corrected chi connectivity index (χ3v) is 6.86. The van der Waals surface area contributed by atoms with Crippen molar-refractivity contribution in [2.75, 3.05) is 25.0 Å². The van der Waals surface area contributed by atoms with E-state index in [1.165, 1.54) is 10.5 Å². The molecule has 1 aliphatic heterocycles. The van der Waals surface area contributed by atoms with Crippen LogP contribution in [0.25, 0.3) is 0 Å². The maximum Gasteiger partial charge on any atom is 0.417 e. The minimum atomic E-state index is -4.56. The Bertz CT molecular complexity index is 1150. The molecule has 11 heteroatoms. The molecule has 2 heterocycles. The van der Waals surface area contributed by atoms with E-state index in [9.17, 15) is 27.9 Å². The number of rotatable bonds is 7. The van der Waals surface area contributed by atoms with Gasteiger partial charge in [0.05, 0.1) is 22.7 Å². The summed E-state index contributed by atoms with van der Waals surface area (Å²) in [7, 11) is 0. The average Bonchev–Trinajstić information content (AvgIpc) is 3.14. The molecule has 0 radical (unpaired) electrons. The molecule has 3 N–H and O–H groups in total. The van der Waals surface area contributed by atoms with Crippen LogP contribution in [0.2, 0.25) is 5.02 Å². The molecule has 0 bridgehead atoms. The molecule has 36 heavy (non-hydrogen) atoms. The number of nitrogens with zero attached hydrogens (tertiary/aromatic N) is 2. The van der Waals surface area contributed by atoms with E-state index in [-0.39, 0.29) is 42.1 Å². The van der Waals surface area contributed by atoms with Crippen molar-refractivity contribution in [2.24, 2.45) is 0 Å². The molecule has 2 amide bonds. The molecule has 0 spiro atoms. The summed E-state index contributed by atoms with van der Waals surface area (Å²) < 4.78 is 38.2. The number of aliphatic hydroxyl groups excluding tert-OH is 1. The van der Waals surface area contributed by atoms with Crippen molar-refractivity contribution in [1.82, 2.24) is 15.2 Å². The summed E-state index contributed by atoms with van der Waals surface area (Å²) in [5, 5.41) is 15.8. The predicted molar refractivity (Wildman–Crippen MR) is 129 cm³/mol. The Labute approximate surface area is 211 Å². The van der Waals surface area contributed by atoms with E-state index in [1.54, 1.807) is 0 Å². The largest absolute Gasteiger partial charge is 0.503 e. The molecule has 0 unspecified atom stereocenters. The number of alkyl halides is 3. The van der Waals surface area contributed by atoms with E-state index in [4.69, 9.17) is 11.6 Å². The monoisotopic (exact) mass is 522 g/mol. The first-order valence-electron chi connectivity index (χ1n) is 11.7. The SMILES string of the molecule is O=C(NC1CCC(c2ccccc2)CC1)C1=C(O)C(=O)N(CCNc2ncc(C(F)(F)F)cc2Cl)C1. The molecular weight excluding hydrogens is 497 g/mol. The average molecular weight is 523 g/mol. The number of halogens is 4. The summed E-state index contributed by atoms with van der Waals surface area (Å²) in [6.07, 6.45) is -0.394. The van der Waals surface area contributed by atoms with Crippen LogP contribution < -0.4 is 10.6 Å². The zero-order valence-corrected chi connectivity index (χ0v) is 20.1. The molecule has 4 rings (SSSR count). The Balaban J connectivity index is 1.26. The lowest BCUT2D eigenvalue weighted by Gasteiger charge is -2.29. The number of benzene rings is 1. The van der Waals surface area contributed by atoms with Crippen molar-refractivity contribution in [2.45, 2.75) is 43.8 Å². The van der Waals surface area contributed by atoms with Crippen LogP contribution in [0.3, 0.4) is 0 Å². The number of carbonyl (C=O) groups excluding carboxylic acids is 2. The highest BCUT2D eigenvalue weighted by Gasteiger charge is 2.35. The summed E-state index contributed by atoms with van der Waals surface area (Å²) in [6, 6.07) is 11.0. The molecule has 2 aromatic rings. The summed E-state index contributed by atoms with van der Waals surface area (Å²) in [6.45, 7) is 0.127. The van der Waals surface area contributed by atoms with Gasteiger partial charge in [0, 0.05) is 25.3 Å². The smallest absolute Gasteiger partial charge is 0.417 e. The molecule has 7 nitrogen and oxygen atoms in total. The second-order valence-electron chi connectivity index (χ2n) is 8.97. The van der Waals surface area contributed by atoms with Crippen molar-refractivity contribution in [3.8, 4) is 0 Å². The number of carbonyl (C=O) groups is 2. The molecule has 1 aliphatic carbocycles. The maximum atomic E-state index is 12.8. The Hall–Kier alpha value is -3.27. The quantitative estimate of drug-likeness (QED) is 0.491. The standard InChI is InChI=1S/C25H26ClF3N4O3/c26-20-12-17(25(27,28)29)13-31-22(20)30-10-11-33-14-19(21(34)24(33)36)23(35)32-18-8-6-16(7-9-18)15-4-2-1-3-5-15/h1-5,12-13,16,18,34H,6-11,14H2,(H,30,31)(H,32,35). The molecule has 1 aromatic carbocycles. The van der Waals surface area contributed by atoms with Crippen molar-refractivity contribution in [1.29, 1.82) is 0 Å². The maximum absolute atomic E-state index is 12.8. The van der Waals surface area contributed by atoms with Gasteiger partial charge in [0.15, 0.2) is 5.76 Å². The minimum absolute atomic E-state index is 0.0101. The summed E-state index contributed by atoms with van der Waals surface area (Å²) in [5.41, 5.74) is 0.336. The highest BCUT2D eigenvalue weighted by Crippen LogP contribution is 2.34. The number of aliphatic hydroxyl groups is 1. The van der Waals surface area contributed by atoms with E-state index in [0.717, 1.165) is 31.7 Å². The van der Waals surface area contributed by atoms with Gasteiger partial charge in [-0.1, -0.05) is 41.9 Å². The fourth-order valence-electron chi connectivity index (χ4n) is 4.58. The zero-order chi connectivity index (χ0) is 25.9. The summed E-state index contributed by atoms with van der Waals surface area (Å²) >= 11 is 5.88. The van der Waals surface area contributed by atoms with Crippen molar-refractivity contribution < 1.29 is 27.9 Å². The molecule has 0 saturated heterocycles. The van der Waals surface area contributed by atoms with E-state index < -0.39 is 29.3 Å². The molecular formula is C25H26ClF3N4O3. The third-order valence-electron chi connectivity index (χ3n) is 6.57. The molecule has 2 aliphatic rings. The third kappa shape index (κ3) is 5.92. The first-order valence-corrected chi connectivity index (χ1v) is 12.0. The van der Waals surface area contributed by atoms with Crippen LogP contribution in [0, 0.1) is 0 Å². The number of aromatic nitrogens is 1. The van der Waals surface area contributed by atoms with Gasteiger partial charge in [0.2, 0.25) is 0 Å². The van der Waals surface area contributed by atoms with Crippen LogP contribution in [-0.4, -0.2) is 52.5 Å². The van der Waals surface area contributed by atoms with Crippen molar-refractivity contribution >= 4 is 29.2 Å². The highest BCUT2D eigenvalue weighted by atomic mass is 35.5. The second kappa shape index (κ2) is 10.8. The Morgan fingerprint density at radius 3 is 2.50 bits per heavy atom. The van der Waals surface area contributed by atoms with E-state index in [1.807, 2.05) is 18.2 Å². The lowest BCUT2D eigenvalue weighted by atomic mass is 9.82. The Kier molecular flexibility index (Phi) is 7.73. The number of hydrogen-bond acceptors (Lipinski definition) is 5. The summed E-state index contributed by atoms with van der Waals surface area (Å²) in [5.74, 6) is -1.24. The molecule has 1 aromatic heterocycles. The van der Waals surface area contributed by atoms with E-state index in [0.29, 0.717) is 12.1 Å². The lowest BCUT2D eigenvalue weighted by molar-refractivity contribution is -0.137. The van der Waals surface area contributed by atoms with Gasteiger partial charge in [-0.15, -0.1) is 0 Å². The zero-order valence-electron chi connectivity index (χ0n) is 19.3. The molecule has 192 valence electrons. The van der Waals surface area contributed by atoms with Crippen LogP contribution >= 0.6 is 11.6 Å². The van der Waals surface area contributed by atoms with Gasteiger partial charge in [0.25, 0.3) is 11.8 Å². The van der Waals surface area contributed by atoms with Crippen molar-refractivity contribution in [3.63, 3.8) is 0 Å². The minimum Gasteiger partial charge on any atom is -0.503 e. The lowest BCUT2D eigenvalue weighted by Crippen LogP contribution is -2.39. The fourth-order valence-corrected chi connectivity index (χ4v) is 4.81. The number of pyridine rings is 1. The predicted octanol–water partition coefficient (Wildman–Crippen LogP) is 4.66. The number of nitrogens with one attached hydrogen (secondary N) is 2. The normalized spacial score (nSPS) is 20.6. The Morgan fingerprint density at radius 2 is 1.86 bits per heavy atom. The number of amides is 2. The Morgan fingerprint density at radius 1 is 1.17 bits per heavy atom. The van der Waals surface area contributed by atoms with Gasteiger partial charge in [-0.2, -0.15) is 13.2 Å².